The van der Waals surface area contributed by atoms with Crippen LogP contribution in [0.4, 0.5) is 9.59 Å². The smallest absolute Gasteiger partial charge is 0.407 e. The first-order valence-corrected chi connectivity index (χ1v) is 9.99. The summed E-state index contributed by atoms with van der Waals surface area (Å²) in [6.07, 6.45) is -0.771. The molecule has 1 fully saturated rings. The van der Waals surface area contributed by atoms with Gasteiger partial charge in [0.05, 0.1) is 12.0 Å². The van der Waals surface area contributed by atoms with Gasteiger partial charge < -0.3 is 24.5 Å². The van der Waals surface area contributed by atoms with Gasteiger partial charge in [0, 0.05) is 0 Å². The summed E-state index contributed by atoms with van der Waals surface area (Å²) in [6, 6.07) is 2.25. The number of rotatable bonds is 5. The third-order valence-electron chi connectivity index (χ3n) is 4.00. The molecule has 0 unspecified atom stereocenters. The summed E-state index contributed by atoms with van der Waals surface area (Å²) in [7, 11) is 0. The summed E-state index contributed by atoms with van der Waals surface area (Å²) >= 11 is 3.16. The molecule has 2 rings (SSSR count). The van der Waals surface area contributed by atoms with E-state index in [4.69, 9.17) is 13.9 Å². The Morgan fingerprint density at radius 1 is 1.20 bits per heavy atom. The first-order chi connectivity index (χ1) is 13.7. The van der Waals surface area contributed by atoms with Crippen LogP contribution in [-0.2, 0) is 24.6 Å². The maximum atomic E-state index is 13.2. The second-order valence-corrected chi connectivity index (χ2v) is 9.62. The molecule has 0 bridgehead atoms. The van der Waals surface area contributed by atoms with Gasteiger partial charge in [-0.3, -0.25) is 9.59 Å². The molecular formula is C19H26BrN3O7. The van der Waals surface area contributed by atoms with E-state index in [0.29, 0.717) is 4.67 Å². The number of nitrogens with zero attached hydrogens (tertiary/aromatic N) is 1. The van der Waals surface area contributed by atoms with Gasteiger partial charge in [0.15, 0.2) is 16.9 Å². The van der Waals surface area contributed by atoms with Crippen LogP contribution in [0, 0.1) is 5.41 Å². The van der Waals surface area contributed by atoms with Crippen LogP contribution in [0.3, 0.4) is 0 Å². The Labute approximate surface area is 182 Å². The number of amides is 4. The number of hydrogen-bond acceptors (Lipinski definition) is 7. The van der Waals surface area contributed by atoms with E-state index in [1.807, 2.05) is 0 Å². The molecule has 11 heteroatoms. The minimum absolute atomic E-state index is 0.0911. The maximum Gasteiger partial charge on any atom is 0.407 e. The Balaban J connectivity index is 2.25. The number of urea groups is 1. The molecule has 1 aromatic heterocycles. The second-order valence-electron chi connectivity index (χ2n) is 8.84. The summed E-state index contributed by atoms with van der Waals surface area (Å²) in [6.45, 7) is 9.12. The molecule has 1 aromatic rings. The zero-order chi connectivity index (χ0) is 22.9. The fraction of sp³-hybridized carbons (Fsp3) is 0.579. The fourth-order valence-electron chi connectivity index (χ4n) is 2.52. The van der Waals surface area contributed by atoms with Crippen molar-refractivity contribution in [3.8, 4) is 0 Å². The molecule has 0 aromatic carbocycles. The molecule has 1 atom stereocenters. The number of furan rings is 1. The predicted molar refractivity (Wildman–Crippen MR) is 108 cm³/mol. The van der Waals surface area contributed by atoms with Gasteiger partial charge in [-0.1, -0.05) is 0 Å². The number of nitrogens with one attached hydrogen (secondary N) is 2. The number of esters is 1. The SMILES string of the molecule is CC(C)(C)OC(=O)NC[C@@]1(c2ccc(Br)o2)NC(=O)N(COC(=O)C(C)(C)C)C1=O. The first-order valence-electron chi connectivity index (χ1n) is 9.20. The number of carbonyl (C=O) groups is 4. The summed E-state index contributed by atoms with van der Waals surface area (Å²) in [5.41, 5.74) is -3.28. The molecule has 10 nitrogen and oxygen atoms in total. The third kappa shape index (κ3) is 5.32. The fourth-order valence-corrected chi connectivity index (χ4v) is 2.83. The van der Waals surface area contributed by atoms with E-state index in [0.717, 1.165) is 4.90 Å². The largest absolute Gasteiger partial charge is 0.451 e. The summed E-state index contributed by atoms with van der Waals surface area (Å²) in [5, 5.41) is 5.02. The summed E-state index contributed by atoms with van der Waals surface area (Å²) in [4.78, 5) is 50.6. The average molecular weight is 488 g/mol. The number of ether oxygens (including phenoxy) is 2. The van der Waals surface area contributed by atoms with E-state index in [9.17, 15) is 19.2 Å². The zero-order valence-electron chi connectivity index (χ0n) is 17.8. The van der Waals surface area contributed by atoms with Gasteiger partial charge >= 0.3 is 18.1 Å². The lowest BCUT2D eigenvalue weighted by Gasteiger charge is -2.26. The lowest BCUT2D eigenvalue weighted by Crippen LogP contribution is -2.53. The number of hydrogen-bond donors (Lipinski definition) is 2. The highest BCUT2D eigenvalue weighted by molar-refractivity contribution is 9.10. The van der Waals surface area contributed by atoms with Gasteiger partial charge in [-0.2, -0.15) is 0 Å². The van der Waals surface area contributed by atoms with E-state index in [-0.39, 0.29) is 12.3 Å². The molecule has 0 aliphatic carbocycles. The molecule has 1 aliphatic heterocycles. The quantitative estimate of drug-likeness (QED) is 0.482. The molecule has 4 amide bonds. The van der Waals surface area contributed by atoms with Gasteiger partial charge in [0.1, 0.15) is 11.4 Å². The highest BCUT2D eigenvalue weighted by Gasteiger charge is 2.55. The van der Waals surface area contributed by atoms with Gasteiger partial charge in [-0.05, 0) is 69.6 Å². The molecule has 0 saturated carbocycles. The summed E-state index contributed by atoms with van der Waals surface area (Å²) < 4.78 is 16.1. The van der Waals surface area contributed by atoms with Crippen molar-refractivity contribution in [3.05, 3.63) is 22.6 Å². The van der Waals surface area contributed by atoms with Crippen molar-refractivity contribution in [2.75, 3.05) is 13.3 Å². The van der Waals surface area contributed by atoms with Crippen molar-refractivity contribution in [3.63, 3.8) is 0 Å². The van der Waals surface area contributed by atoms with Crippen molar-refractivity contribution in [1.82, 2.24) is 15.5 Å². The molecule has 0 radical (unpaired) electrons. The van der Waals surface area contributed by atoms with Crippen molar-refractivity contribution in [2.24, 2.45) is 5.41 Å². The van der Waals surface area contributed by atoms with Crippen LogP contribution in [0.5, 0.6) is 0 Å². The lowest BCUT2D eigenvalue weighted by molar-refractivity contribution is -0.158. The van der Waals surface area contributed by atoms with E-state index in [1.165, 1.54) is 6.07 Å². The predicted octanol–water partition coefficient (Wildman–Crippen LogP) is 2.86. The van der Waals surface area contributed by atoms with Gasteiger partial charge in [0.25, 0.3) is 5.91 Å². The first kappa shape index (κ1) is 23.7. The topological polar surface area (TPSA) is 127 Å². The van der Waals surface area contributed by atoms with Crippen LogP contribution in [0.15, 0.2) is 21.2 Å². The molecule has 2 heterocycles. The standard InChI is InChI=1S/C19H26BrN3O7/c1-17(2,3)14(25)28-10-23-13(24)19(22-15(23)26,11-7-8-12(20)29-11)9-21-16(27)30-18(4,5)6/h7-8H,9-10H2,1-6H3,(H,21,27)(H,22,26)/t19-/m0/s1. The Morgan fingerprint density at radius 2 is 1.83 bits per heavy atom. The Hall–Kier alpha value is -2.56. The number of halogens is 1. The third-order valence-corrected chi connectivity index (χ3v) is 4.43. The highest BCUT2D eigenvalue weighted by Crippen LogP contribution is 2.32. The van der Waals surface area contributed by atoms with Crippen molar-refractivity contribution in [1.29, 1.82) is 0 Å². The van der Waals surface area contributed by atoms with Crippen molar-refractivity contribution in [2.45, 2.75) is 52.7 Å². The molecule has 2 N–H and O–H groups in total. The molecule has 1 saturated heterocycles. The van der Waals surface area contributed by atoms with Crippen LogP contribution in [-0.4, -0.2) is 47.8 Å². The molecule has 30 heavy (non-hydrogen) atoms. The average Bonchev–Trinajstić information content (AvgIpc) is 3.11. The Morgan fingerprint density at radius 3 is 2.33 bits per heavy atom. The normalized spacial score (nSPS) is 19.5. The Kier molecular flexibility index (Phi) is 6.55. The van der Waals surface area contributed by atoms with Crippen LogP contribution < -0.4 is 10.6 Å². The van der Waals surface area contributed by atoms with Crippen LogP contribution in [0.25, 0.3) is 0 Å². The highest BCUT2D eigenvalue weighted by atomic mass is 79.9. The van der Waals surface area contributed by atoms with Crippen LogP contribution >= 0.6 is 15.9 Å². The van der Waals surface area contributed by atoms with Gasteiger partial charge in [-0.15, -0.1) is 0 Å². The zero-order valence-corrected chi connectivity index (χ0v) is 19.3. The van der Waals surface area contributed by atoms with E-state index >= 15 is 0 Å². The minimum Gasteiger partial charge on any atom is -0.451 e. The van der Waals surface area contributed by atoms with Crippen molar-refractivity contribution < 1.29 is 33.1 Å². The molecule has 166 valence electrons. The minimum atomic E-state index is -1.73. The second kappa shape index (κ2) is 8.29. The van der Waals surface area contributed by atoms with Crippen LogP contribution in [0.1, 0.15) is 47.3 Å². The van der Waals surface area contributed by atoms with Crippen LogP contribution in [0.2, 0.25) is 0 Å². The molecular weight excluding hydrogens is 462 g/mol. The molecule has 1 aliphatic rings. The van der Waals surface area contributed by atoms with E-state index in [1.54, 1.807) is 47.6 Å². The van der Waals surface area contributed by atoms with E-state index in [2.05, 4.69) is 26.6 Å². The Bertz CT molecular complexity index is 853. The van der Waals surface area contributed by atoms with Gasteiger partial charge in [0.2, 0.25) is 0 Å². The van der Waals surface area contributed by atoms with E-state index < -0.39 is 47.3 Å². The number of alkyl carbamates (subject to hydrolysis) is 1. The lowest BCUT2D eigenvalue weighted by atomic mass is 9.96. The number of imide groups is 1. The van der Waals surface area contributed by atoms with Gasteiger partial charge in [-0.25, -0.2) is 14.5 Å². The number of carbonyl (C=O) groups excluding carboxylic acids is 4. The maximum absolute atomic E-state index is 13.2. The molecule has 0 spiro atoms. The monoisotopic (exact) mass is 487 g/mol. The summed E-state index contributed by atoms with van der Waals surface area (Å²) in [5.74, 6) is -1.23. The van der Waals surface area contributed by atoms with Crippen molar-refractivity contribution >= 4 is 39.9 Å².